The minimum Gasteiger partial charge on any atom is -0.310 e. The summed E-state index contributed by atoms with van der Waals surface area (Å²) >= 11 is 3.77. The number of hydrogen-bond acceptors (Lipinski definition) is 3. The SMILES string of the molecule is c1ccc(N(c2ccc3c4ccccc4n(-c4ccccc4)c3c2)c2ccc(-c3cccc4c3sc3ccccc34)cc2-c2cccc3c2sc2ccccc23)cc1. The standard InChI is InChI=1S/C54H34N2S2/c1-3-15-36(16-4-1)55(38-30-31-41-40-19-7-10-26-48(40)56(50(41)34-38)37-17-5-2-6-18-37)49-32-29-35(39-22-13-23-44-42-20-8-11-27-51(42)57-53(39)44)33-47(49)46-25-14-24-45-43-21-9-12-28-52(43)58-54(45)46/h1-34H. The van der Waals surface area contributed by atoms with E-state index in [1.165, 1.54) is 84.4 Å². The molecule has 0 aliphatic carbocycles. The third-order valence-corrected chi connectivity index (χ3v) is 14.0. The van der Waals surface area contributed by atoms with Gasteiger partial charge in [-0.25, -0.2) is 0 Å². The molecule has 0 unspecified atom stereocenters. The van der Waals surface area contributed by atoms with E-state index in [1.54, 1.807) is 0 Å². The van der Waals surface area contributed by atoms with Crippen molar-refractivity contribution in [3.8, 4) is 27.9 Å². The summed E-state index contributed by atoms with van der Waals surface area (Å²) in [5, 5.41) is 7.70. The largest absolute Gasteiger partial charge is 0.310 e. The maximum atomic E-state index is 2.46. The molecule has 12 aromatic rings. The highest BCUT2D eigenvalue weighted by molar-refractivity contribution is 7.26. The van der Waals surface area contributed by atoms with Gasteiger partial charge in [-0.2, -0.15) is 0 Å². The van der Waals surface area contributed by atoms with Crippen LogP contribution in [0.1, 0.15) is 0 Å². The van der Waals surface area contributed by atoms with Gasteiger partial charge in [-0.1, -0.05) is 140 Å². The van der Waals surface area contributed by atoms with E-state index in [4.69, 9.17) is 0 Å². The molecule has 2 nitrogen and oxygen atoms in total. The first-order valence-electron chi connectivity index (χ1n) is 19.7. The highest BCUT2D eigenvalue weighted by Gasteiger charge is 2.23. The number of anilines is 3. The predicted octanol–water partition coefficient (Wildman–Crippen LogP) is 16.3. The normalized spacial score (nSPS) is 11.8. The van der Waals surface area contributed by atoms with E-state index >= 15 is 0 Å². The monoisotopic (exact) mass is 774 g/mol. The minimum atomic E-state index is 1.10. The van der Waals surface area contributed by atoms with Gasteiger partial charge in [0.1, 0.15) is 0 Å². The van der Waals surface area contributed by atoms with Crippen molar-refractivity contribution < 1.29 is 0 Å². The fourth-order valence-electron chi connectivity index (χ4n) is 9.01. The van der Waals surface area contributed by atoms with Crippen LogP contribution in [0.5, 0.6) is 0 Å². The van der Waals surface area contributed by atoms with Gasteiger partial charge in [-0.15, -0.1) is 22.7 Å². The van der Waals surface area contributed by atoms with Crippen LogP contribution in [0, 0.1) is 0 Å². The van der Waals surface area contributed by atoms with E-state index in [0.29, 0.717) is 0 Å². The summed E-state index contributed by atoms with van der Waals surface area (Å²) in [5.74, 6) is 0. The second-order valence-corrected chi connectivity index (χ2v) is 17.0. The molecule has 12 rings (SSSR count). The van der Waals surface area contributed by atoms with Crippen molar-refractivity contribution in [1.29, 1.82) is 0 Å². The van der Waals surface area contributed by atoms with Crippen LogP contribution in [0.15, 0.2) is 206 Å². The van der Waals surface area contributed by atoms with Gasteiger partial charge in [0.05, 0.1) is 16.7 Å². The van der Waals surface area contributed by atoms with Crippen LogP contribution in [-0.4, -0.2) is 4.57 Å². The van der Waals surface area contributed by atoms with Crippen LogP contribution in [-0.2, 0) is 0 Å². The average Bonchev–Trinajstić information content (AvgIpc) is 3.97. The lowest BCUT2D eigenvalue weighted by atomic mass is 9.94. The number of benzene rings is 9. The van der Waals surface area contributed by atoms with Crippen LogP contribution < -0.4 is 4.90 Å². The first-order chi connectivity index (χ1) is 28.8. The summed E-state index contributed by atoms with van der Waals surface area (Å²) in [6.07, 6.45) is 0. The van der Waals surface area contributed by atoms with E-state index in [1.807, 2.05) is 22.7 Å². The Bertz CT molecular complexity index is 3520. The van der Waals surface area contributed by atoms with Crippen molar-refractivity contribution in [2.24, 2.45) is 0 Å². The van der Waals surface area contributed by atoms with Crippen molar-refractivity contribution in [1.82, 2.24) is 4.57 Å². The Labute approximate surface area is 343 Å². The average molecular weight is 775 g/mol. The Kier molecular flexibility index (Phi) is 7.62. The molecule has 0 saturated carbocycles. The molecule has 9 aromatic carbocycles. The molecule has 0 spiro atoms. The number of thiophene rings is 2. The van der Waals surface area contributed by atoms with E-state index in [0.717, 1.165) is 22.7 Å². The molecule has 0 atom stereocenters. The van der Waals surface area contributed by atoms with Crippen molar-refractivity contribution in [3.63, 3.8) is 0 Å². The molecule has 0 aliphatic rings. The van der Waals surface area contributed by atoms with Crippen LogP contribution in [0.2, 0.25) is 0 Å². The molecule has 0 radical (unpaired) electrons. The molecular weight excluding hydrogens is 741 g/mol. The summed E-state index contributed by atoms with van der Waals surface area (Å²) in [5.41, 5.74) is 11.8. The lowest BCUT2D eigenvalue weighted by Gasteiger charge is -2.29. The smallest absolute Gasteiger partial charge is 0.0561 e. The lowest BCUT2D eigenvalue weighted by Crippen LogP contribution is -2.11. The van der Waals surface area contributed by atoms with Gasteiger partial charge < -0.3 is 9.47 Å². The topological polar surface area (TPSA) is 8.17 Å². The molecule has 0 saturated heterocycles. The van der Waals surface area contributed by atoms with Gasteiger partial charge >= 0.3 is 0 Å². The van der Waals surface area contributed by atoms with Gasteiger partial charge in [0.15, 0.2) is 0 Å². The van der Waals surface area contributed by atoms with Crippen molar-refractivity contribution in [2.75, 3.05) is 4.90 Å². The summed E-state index contributed by atoms with van der Waals surface area (Å²) in [4.78, 5) is 2.46. The molecule has 272 valence electrons. The zero-order chi connectivity index (χ0) is 38.2. The first kappa shape index (κ1) is 33.2. The van der Waals surface area contributed by atoms with Gasteiger partial charge in [-0.05, 0) is 77.9 Å². The molecule has 0 aliphatic heterocycles. The first-order valence-corrected chi connectivity index (χ1v) is 21.3. The van der Waals surface area contributed by atoms with Gasteiger partial charge in [0.2, 0.25) is 0 Å². The molecule has 0 bridgehead atoms. The fraction of sp³-hybridized carbons (Fsp3) is 0. The molecule has 3 heterocycles. The van der Waals surface area contributed by atoms with Gasteiger partial charge in [0, 0.05) is 79.3 Å². The number of fused-ring (bicyclic) bond motifs is 9. The maximum Gasteiger partial charge on any atom is 0.0561 e. The number of nitrogens with zero attached hydrogens (tertiary/aromatic N) is 2. The zero-order valence-electron chi connectivity index (χ0n) is 31.3. The highest BCUT2D eigenvalue weighted by atomic mass is 32.1. The predicted molar refractivity (Wildman–Crippen MR) is 252 cm³/mol. The van der Waals surface area contributed by atoms with Gasteiger partial charge in [-0.3, -0.25) is 0 Å². The van der Waals surface area contributed by atoms with Crippen LogP contribution >= 0.6 is 22.7 Å². The number of rotatable bonds is 6. The number of aromatic nitrogens is 1. The molecule has 4 heteroatoms. The lowest BCUT2D eigenvalue weighted by molar-refractivity contribution is 1.18. The maximum absolute atomic E-state index is 2.46. The number of para-hydroxylation sites is 3. The molecule has 3 aromatic heterocycles. The summed E-state index contributed by atoms with van der Waals surface area (Å²) < 4.78 is 7.65. The van der Waals surface area contributed by atoms with Gasteiger partial charge in [0.25, 0.3) is 0 Å². The summed E-state index contributed by atoms with van der Waals surface area (Å²) in [7, 11) is 0. The third kappa shape index (κ3) is 5.16. The Hall–Kier alpha value is -6.98. The van der Waals surface area contributed by atoms with Crippen molar-refractivity contribution >= 4 is 102 Å². The summed E-state index contributed by atoms with van der Waals surface area (Å²) in [6, 6.07) is 75.7. The Morgan fingerprint density at radius 1 is 0.345 bits per heavy atom. The molecule has 0 fully saturated rings. The molecular formula is C54H34N2S2. The van der Waals surface area contributed by atoms with Crippen LogP contribution in [0.4, 0.5) is 17.1 Å². The van der Waals surface area contributed by atoms with E-state index in [9.17, 15) is 0 Å². The minimum absolute atomic E-state index is 1.10. The van der Waals surface area contributed by atoms with E-state index < -0.39 is 0 Å². The Balaban J connectivity index is 1.15. The molecule has 0 amide bonds. The van der Waals surface area contributed by atoms with Crippen molar-refractivity contribution in [3.05, 3.63) is 206 Å². The Morgan fingerprint density at radius 3 is 1.64 bits per heavy atom. The molecule has 0 N–H and O–H groups in total. The second kappa shape index (κ2) is 13.3. The van der Waals surface area contributed by atoms with E-state index in [-0.39, 0.29) is 0 Å². The molecule has 58 heavy (non-hydrogen) atoms. The number of hydrogen-bond donors (Lipinski definition) is 0. The fourth-order valence-corrected chi connectivity index (χ4v) is 11.5. The van der Waals surface area contributed by atoms with E-state index in [2.05, 4.69) is 216 Å². The third-order valence-electron chi connectivity index (χ3n) is 11.6. The highest BCUT2D eigenvalue weighted by Crippen LogP contribution is 2.49. The second-order valence-electron chi connectivity index (χ2n) is 14.9. The zero-order valence-corrected chi connectivity index (χ0v) is 33.0. The van der Waals surface area contributed by atoms with Crippen LogP contribution in [0.25, 0.3) is 90.1 Å². The van der Waals surface area contributed by atoms with Crippen LogP contribution in [0.3, 0.4) is 0 Å². The quantitative estimate of drug-likeness (QED) is 0.163. The van der Waals surface area contributed by atoms with Crippen molar-refractivity contribution in [2.45, 2.75) is 0 Å². The summed E-state index contributed by atoms with van der Waals surface area (Å²) in [6.45, 7) is 0. The Morgan fingerprint density at radius 2 is 0.914 bits per heavy atom.